The first-order valence-electron chi connectivity index (χ1n) is 4.69. The SMILES string of the molecule is C[C@]12C[C@@H]3C=C(Br)[C@H](OC1=O)[C@H]2C3. The molecule has 0 unspecified atom stereocenters. The van der Waals surface area contributed by atoms with Crippen molar-refractivity contribution in [3.8, 4) is 0 Å². The van der Waals surface area contributed by atoms with Crippen LogP contribution in [-0.2, 0) is 9.53 Å². The van der Waals surface area contributed by atoms with Crippen molar-refractivity contribution in [2.24, 2.45) is 17.3 Å². The number of rotatable bonds is 0. The van der Waals surface area contributed by atoms with Crippen LogP contribution in [0.2, 0.25) is 0 Å². The fourth-order valence-electron chi connectivity index (χ4n) is 3.09. The minimum absolute atomic E-state index is 0.00931. The molecule has 3 rings (SSSR count). The van der Waals surface area contributed by atoms with E-state index in [-0.39, 0.29) is 17.5 Å². The van der Waals surface area contributed by atoms with Crippen LogP contribution < -0.4 is 0 Å². The molecule has 1 aliphatic heterocycles. The number of hydrogen-bond donors (Lipinski definition) is 0. The highest BCUT2D eigenvalue weighted by Gasteiger charge is 2.61. The molecule has 3 aliphatic rings. The van der Waals surface area contributed by atoms with E-state index in [0.717, 1.165) is 17.3 Å². The molecule has 70 valence electrons. The molecule has 2 bridgehead atoms. The van der Waals surface area contributed by atoms with Crippen LogP contribution in [0.5, 0.6) is 0 Å². The maximum atomic E-state index is 11.6. The van der Waals surface area contributed by atoms with Gasteiger partial charge < -0.3 is 4.74 Å². The fourth-order valence-corrected chi connectivity index (χ4v) is 3.87. The summed E-state index contributed by atoms with van der Waals surface area (Å²) >= 11 is 3.50. The Labute approximate surface area is 85.5 Å². The summed E-state index contributed by atoms with van der Waals surface area (Å²) < 4.78 is 6.46. The summed E-state index contributed by atoms with van der Waals surface area (Å²) in [5.74, 6) is 1.02. The van der Waals surface area contributed by atoms with Crippen molar-refractivity contribution in [3.63, 3.8) is 0 Å². The molecule has 0 aromatic heterocycles. The molecule has 13 heavy (non-hydrogen) atoms. The van der Waals surface area contributed by atoms with Gasteiger partial charge in [0.2, 0.25) is 0 Å². The number of fused-ring (bicyclic) bond motifs is 1. The van der Waals surface area contributed by atoms with E-state index in [1.807, 2.05) is 0 Å². The van der Waals surface area contributed by atoms with Crippen molar-refractivity contribution < 1.29 is 9.53 Å². The summed E-state index contributed by atoms with van der Waals surface area (Å²) in [5.41, 5.74) is -0.193. The largest absolute Gasteiger partial charge is 0.456 e. The van der Waals surface area contributed by atoms with Gasteiger partial charge in [0, 0.05) is 10.4 Å². The van der Waals surface area contributed by atoms with E-state index in [4.69, 9.17) is 4.74 Å². The van der Waals surface area contributed by atoms with Crippen molar-refractivity contribution in [2.75, 3.05) is 0 Å². The minimum Gasteiger partial charge on any atom is -0.456 e. The predicted octanol–water partition coefficient (Wildman–Crippen LogP) is 2.24. The lowest BCUT2D eigenvalue weighted by molar-refractivity contribution is -0.147. The van der Waals surface area contributed by atoms with Gasteiger partial charge in [-0.25, -0.2) is 0 Å². The topological polar surface area (TPSA) is 26.3 Å². The van der Waals surface area contributed by atoms with Crippen molar-refractivity contribution in [1.82, 2.24) is 0 Å². The van der Waals surface area contributed by atoms with Crippen LogP contribution in [0.3, 0.4) is 0 Å². The summed E-state index contributed by atoms with van der Waals surface area (Å²) in [6.07, 6.45) is 4.35. The quantitative estimate of drug-likeness (QED) is 0.610. The number of ether oxygens (including phenoxy) is 1. The molecule has 0 N–H and O–H groups in total. The molecule has 0 aromatic carbocycles. The number of esters is 1. The molecule has 3 heteroatoms. The molecule has 0 spiro atoms. The Bertz CT molecular complexity index is 323. The molecule has 1 saturated carbocycles. The Morgan fingerprint density at radius 1 is 1.69 bits per heavy atom. The zero-order chi connectivity index (χ0) is 9.22. The molecule has 1 heterocycles. The summed E-state index contributed by atoms with van der Waals surface area (Å²) in [6.45, 7) is 2.06. The number of allylic oxidation sites excluding steroid dienone is 1. The van der Waals surface area contributed by atoms with Gasteiger partial charge in [0.05, 0.1) is 5.41 Å². The first kappa shape index (κ1) is 8.04. The highest BCUT2D eigenvalue weighted by atomic mass is 79.9. The molecular weight excluding hydrogens is 232 g/mol. The van der Waals surface area contributed by atoms with E-state index in [0.29, 0.717) is 11.8 Å². The molecule has 0 aromatic rings. The van der Waals surface area contributed by atoms with Crippen LogP contribution in [0.4, 0.5) is 0 Å². The smallest absolute Gasteiger partial charge is 0.312 e. The molecule has 2 fully saturated rings. The summed E-state index contributed by atoms with van der Waals surface area (Å²) in [4.78, 5) is 11.6. The van der Waals surface area contributed by atoms with Crippen LogP contribution in [0, 0.1) is 17.3 Å². The van der Waals surface area contributed by atoms with Crippen LogP contribution in [0.25, 0.3) is 0 Å². The normalized spacial score (nSPS) is 52.0. The zero-order valence-corrected chi connectivity index (χ0v) is 9.00. The standard InChI is InChI=1S/C10H11BrO2/c1-10-4-5-2-6(10)8(7(11)3-5)13-9(10)12/h3,5-6,8H,2,4H2,1H3/t5-,6+,8+,10+/m0/s1. The third-order valence-corrected chi connectivity index (χ3v) is 4.51. The lowest BCUT2D eigenvalue weighted by atomic mass is 9.80. The second kappa shape index (κ2) is 2.19. The van der Waals surface area contributed by atoms with Gasteiger partial charge in [0.15, 0.2) is 0 Å². The highest BCUT2D eigenvalue weighted by Crippen LogP contribution is 2.59. The van der Waals surface area contributed by atoms with Crippen LogP contribution in [-0.4, -0.2) is 12.1 Å². The summed E-state index contributed by atoms with van der Waals surface area (Å²) in [6, 6.07) is 0. The molecule has 0 radical (unpaired) electrons. The van der Waals surface area contributed by atoms with Gasteiger partial charge in [-0.3, -0.25) is 4.79 Å². The van der Waals surface area contributed by atoms with Gasteiger partial charge in [-0.2, -0.15) is 0 Å². The number of halogens is 1. The maximum Gasteiger partial charge on any atom is 0.312 e. The average Bonchev–Trinajstić information content (AvgIpc) is 2.45. The van der Waals surface area contributed by atoms with E-state index in [1.54, 1.807) is 0 Å². The molecule has 2 aliphatic carbocycles. The lowest BCUT2D eigenvalue weighted by Gasteiger charge is -2.22. The monoisotopic (exact) mass is 242 g/mol. The van der Waals surface area contributed by atoms with Crippen molar-refractivity contribution >= 4 is 21.9 Å². The van der Waals surface area contributed by atoms with Crippen LogP contribution in [0.15, 0.2) is 10.6 Å². The third-order valence-electron chi connectivity index (χ3n) is 3.79. The fraction of sp³-hybridized carbons (Fsp3) is 0.700. The Morgan fingerprint density at radius 2 is 2.46 bits per heavy atom. The number of carbonyl (C=O) groups excluding carboxylic acids is 1. The Morgan fingerprint density at radius 3 is 3.23 bits per heavy atom. The predicted molar refractivity (Wildman–Crippen MR) is 51.2 cm³/mol. The van der Waals surface area contributed by atoms with E-state index in [9.17, 15) is 4.79 Å². The van der Waals surface area contributed by atoms with E-state index < -0.39 is 0 Å². The van der Waals surface area contributed by atoms with Gasteiger partial charge in [0.25, 0.3) is 0 Å². The second-order valence-corrected chi connectivity index (χ2v) is 5.52. The Hall–Kier alpha value is -0.310. The Balaban J connectivity index is 2.13. The van der Waals surface area contributed by atoms with Gasteiger partial charge in [-0.15, -0.1) is 0 Å². The third kappa shape index (κ3) is 0.815. The second-order valence-electron chi connectivity index (χ2n) is 4.60. The zero-order valence-electron chi connectivity index (χ0n) is 7.42. The molecule has 2 nitrogen and oxygen atoms in total. The summed E-state index contributed by atoms with van der Waals surface area (Å²) in [5, 5.41) is 0. The molecular formula is C10H11BrO2. The average molecular weight is 243 g/mol. The Kier molecular flexibility index (Phi) is 1.35. The van der Waals surface area contributed by atoms with E-state index in [2.05, 4.69) is 28.9 Å². The highest BCUT2D eigenvalue weighted by molar-refractivity contribution is 9.11. The van der Waals surface area contributed by atoms with Gasteiger partial charge >= 0.3 is 5.97 Å². The molecule has 1 saturated heterocycles. The minimum atomic E-state index is -0.193. The van der Waals surface area contributed by atoms with Crippen molar-refractivity contribution in [1.29, 1.82) is 0 Å². The van der Waals surface area contributed by atoms with Crippen molar-refractivity contribution in [2.45, 2.75) is 25.9 Å². The maximum absolute atomic E-state index is 11.6. The van der Waals surface area contributed by atoms with Crippen molar-refractivity contribution in [3.05, 3.63) is 10.6 Å². The van der Waals surface area contributed by atoms with Crippen LogP contribution in [0.1, 0.15) is 19.8 Å². The molecule has 4 atom stereocenters. The van der Waals surface area contributed by atoms with Gasteiger partial charge in [-0.05, 0) is 25.7 Å². The van der Waals surface area contributed by atoms with Gasteiger partial charge in [0.1, 0.15) is 6.10 Å². The first-order chi connectivity index (χ1) is 6.11. The van der Waals surface area contributed by atoms with E-state index in [1.165, 1.54) is 0 Å². The lowest BCUT2D eigenvalue weighted by Crippen LogP contribution is -2.25. The first-order valence-corrected chi connectivity index (χ1v) is 5.49. The summed E-state index contributed by atoms with van der Waals surface area (Å²) in [7, 11) is 0. The number of hydrogen-bond acceptors (Lipinski definition) is 2. The van der Waals surface area contributed by atoms with E-state index >= 15 is 0 Å². The van der Waals surface area contributed by atoms with Gasteiger partial charge in [-0.1, -0.05) is 22.0 Å². The van der Waals surface area contributed by atoms with Crippen LogP contribution >= 0.6 is 15.9 Å². The molecule has 0 amide bonds. The number of carbonyl (C=O) groups is 1.